The smallest absolute Gasteiger partial charge is 0.127 e. The normalized spacial score (nSPS) is 11.3. The molecule has 204 valence electrons. The number of nitrogens with one attached hydrogen (secondary N) is 2. The number of benzene rings is 6. The van der Waals surface area contributed by atoms with Gasteiger partial charge in [0.05, 0.1) is 33.4 Å². The third-order valence-electron chi connectivity index (χ3n) is 7.66. The van der Waals surface area contributed by atoms with Gasteiger partial charge in [-0.05, 0) is 72.8 Å². The van der Waals surface area contributed by atoms with Gasteiger partial charge in [0, 0.05) is 32.9 Å². The molecule has 0 saturated carbocycles. The lowest BCUT2D eigenvalue weighted by molar-refractivity contribution is 0.483. The molecule has 2 heterocycles. The molecule has 0 unspecified atom stereocenters. The first-order chi connectivity index (χ1) is 21.3. The first kappa shape index (κ1) is 24.8. The van der Waals surface area contributed by atoms with E-state index in [0.29, 0.717) is 0 Å². The first-order valence-electron chi connectivity index (χ1n) is 14.3. The highest BCUT2D eigenvalue weighted by molar-refractivity contribution is 6.09. The molecule has 5 nitrogen and oxygen atoms in total. The number of hydrogen-bond acceptors (Lipinski definition) is 5. The fraction of sp³-hybridized carbons (Fsp3) is 0. The molecular formula is C38H26N4O. The van der Waals surface area contributed by atoms with Crippen LogP contribution in [0.25, 0.3) is 43.6 Å². The minimum Gasteiger partial charge on any atom is -0.457 e. The molecule has 0 fully saturated rings. The van der Waals surface area contributed by atoms with Gasteiger partial charge in [0.2, 0.25) is 0 Å². The predicted molar refractivity (Wildman–Crippen MR) is 178 cm³/mol. The number of para-hydroxylation sites is 4. The third-order valence-corrected chi connectivity index (χ3v) is 7.66. The van der Waals surface area contributed by atoms with Crippen LogP contribution in [0.3, 0.4) is 0 Å². The van der Waals surface area contributed by atoms with Crippen molar-refractivity contribution >= 4 is 66.4 Å². The van der Waals surface area contributed by atoms with Crippen LogP contribution in [0.15, 0.2) is 146 Å². The number of anilines is 4. The molecular weight excluding hydrogens is 528 g/mol. The van der Waals surface area contributed by atoms with Crippen LogP contribution in [0.4, 0.5) is 22.7 Å². The Morgan fingerprint density at radius 3 is 0.977 bits per heavy atom. The van der Waals surface area contributed by atoms with Crippen LogP contribution in [-0.2, 0) is 0 Å². The molecule has 43 heavy (non-hydrogen) atoms. The largest absolute Gasteiger partial charge is 0.457 e. The maximum atomic E-state index is 6.19. The summed E-state index contributed by atoms with van der Waals surface area (Å²) in [7, 11) is 0. The predicted octanol–water partition coefficient (Wildman–Crippen LogP) is 10.4. The standard InChI is InChI=1S/C38H26N4O/c1-5-13-33-29(9-1)37(30-10-2-6-14-34(30)41-33)39-25-17-21-27(22-18-25)43-28-23-19-26(20-24-28)40-38-31-11-3-7-15-35(31)42-36-16-8-4-12-32(36)38/h1-24H,(H,39,41)(H,40,42). The Labute approximate surface area is 248 Å². The van der Waals surface area contributed by atoms with Gasteiger partial charge < -0.3 is 15.4 Å². The molecule has 8 aromatic rings. The lowest BCUT2D eigenvalue weighted by atomic mass is 10.1. The Hall–Kier alpha value is -5.94. The summed E-state index contributed by atoms with van der Waals surface area (Å²) in [5.41, 5.74) is 7.91. The van der Waals surface area contributed by atoms with Crippen molar-refractivity contribution in [1.29, 1.82) is 0 Å². The van der Waals surface area contributed by atoms with Gasteiger partial charge >= 0.3 is 0 Å². The molecule has 0 saturated heterocycles. The van der Waals surface area contributed by atoms with E-state index in [2.05, 4.69) is 34.9 Å². The maximum Gasteiger partial charge on any atom is 0.127 e. The van der Waals surface area contributed by atoms with Gasteiger partial charge in [-0.2, -0.15) is 0 Å². The van der Waals surface area contributed by atoms with E-state index in [0.717, 1.165) is 77.9 Å². The highest BCUT2D eigenvalue weighted by atomic mass is 16.5. The van der Waals surface area contributed by atoms with Crippen molar-refractivity contribution < 1.29 is 4.74 Å². The average Bonchev–Trinajstić information content (AvgIpc) is 3.06. The summed E-state index contributed by atoms with van der Waals surface area (Å²) in [6, 6.07) is 48.9. The fourth-order valence-electron chi connectivity index (χ4n) is 5.59. The number of rotatable bonds is 6. The van der Waals surface area contributed by atoms with Crippen LogP contribution in [0.2, 0.25) is 0 Å². The molecule has 0 spiro atoms. The van der Waals surface area contributed by atoms with Crippen molar-refractivity contribution in [3.05, 3.63) is 146 Å². The number of fused-ring (bicyclic) bond motifs is 4. The summed E-state index contributed by atoms with van der Waals surface area (Å²) in [6.07, 6.45) is 0. The van der Waals surface area contributed by atoms with Gasteiger partial charge in [0.25, 0.3) is 0 Å². The molecule has 0 atom stereocenters. The van der Waals surface area contributed by atoms with E-state index in [-0.39, 0.29) is 0 Å². The minimum atomic E-state index is 0.766. The number of hydrogen-bond donors (Lipinski definition) is 2. The summed E-state index contributed by atoms with van der Waals surface area (Å²) in [5, 5.41) is 11.6. The molecule has 0 bridgehead atoms. The monoisotopic (exact) mass is 554 g/mol. The van der Waals surface area contributed by atoms with E-state index >= 15 is 0 Å². The van der Waals surface area contributed by atoms with Crippen LogP contribution in [0.5, 0.6) is 11.5 Å². The second kappa shape index (κ2) is 10.5. The zero-order chi connectivity index (χ0) is 28.6. The van der Waals surface area contributed by atoms with E-state index in [1.807, 2.05) is 121 Å². The molecule has 0 aliphatic heterocycles. The SMILES string of the molecule is c1ccc2c(Nc3ccc(Oc4ccc(Nc5c6ccccc6nc6ccccc56)cc4)cc3)c3ccccc3nc2c1. The number of aromatic nitrogens is 2. The lowest BCUT2D eigenvalue weighted by Gasteiger charge is -2.14. The van der Waals surface area contributed by atoms with E-state index < -0.39 is 0 Å². The van der Waals surface area contributed by atoms with Gasteiger partial charge in [0.15, 0.2) is 0 Å². The van der Waals surface area contributed by atoms with Gasteiger partial charge in [-0.25, -0.2) is 9.97 Å². The van der Waals surface area contributed by atoms with Crippen molar-refractivity contribution in [2.45, 2.75) is 0 Å². The number of pyridine rings is 2. The van der Waals surface area contributed by atoms with Crippen LogP contribution in [0, 0.1) is 0 Å². The van der Waals surface area contributed by atoms with Crippen molar-refractivity contribution in [2.75, 3.05) is 10.6 Å². The topological polar surface area (TPSA) is 59.1 Å². The van der Waals surface area contributed by atoms with Crippen LogP contribution < -0.4 is 15.4 Å². The summed E-state index contributed by atoms with van der Waals surface area (Å²) >= 11 is 0. The highest BCUT2D eigenvalue weighted by Gasteiger charge is 2.11. The molecule has 8 rings (SSSR count). The van der Waals surface area contributed by atoms with Gasteiger partial charge in [0.1, 0.15) is 11.5 Å². The van der Waals surface area contributed by atoms with Crippen molar-refractivity contribution in [2.24, 2.45) is 0 Å². The molecule has 0 aliphatic carbocycles. The van der Waals surface area contributed by atoms with Crippen molar-refractivity contribution in [3.8, 4) is 11.5 Å². The second-order valence-corrected chi connectivity index (χ2v) is 10.4. The average molecular weight is 555 g/mol. The first-order valence-corrected chi connectivity index (χ1v) is 14.3. The van der Waals surface area contributed by atoms with E-state index in [1.165, 1.54) is 0 Å². The maximum absolute atomic E-state index is 6.19. The van der Waals surface area contributed by atoms with Gasteiger partial charge in [-0.3, -0.25) is 0 Å². The van der Waals surface area contributed by atoms with E-state index in [1.54, 1.807) is 0 Å². The molecule has 0 radical (unpaired) electrons. The van der Waals surface area contributed by atoms with Crippen LogP contribution in [-0.4, -0.2) is 9.97 Å². The Kier molecular flexibility index (Phi) is 6.05. The van der Waals surface area contributed by atoms with Crippen molar-refractivity contribution in [1.82, 2.24) is 9.97 Å². The van der Waals surface area contributed by atoms with Gasteiger partial charge in [-0.1, -0.05) is 72.8 Å². The Morgan fingerprint density at radius 1 is 0.349 bits per heavy atom. The molecule has 6 aromatic carbocycles. The molecule has 2 aromatic heterocycles. The molecule has 0 aliphatic rings. The zero-order valence-corrected chi connectivity index (χ0v) is 23.2. The Morgan fingerprint density at radius 2 is 0.651 bits per heavy atom. The lowest BCUT2D eigenvalue weighted by Crippen LogP contribution is -1.96. The Balaban J connectivity index is 1.02. The molecule has 2 N–H and O–H groups in total. The van der Waals surface area contributed by atoms with E-state index in [4.69, 9.17) is 14.7 Å². The molecule has 0 amide bonds. The number of nitrogens with zero attached hydrogens (tertiary/aromatic N) is 2. The van der Waals surface area contributed by atoms with Crippen molar-refractivity contribution in [3.63, 3.8) is 0 Å². The zero-order valence-electron chi connectivity index (χ0n) is 23.2. The number of ether oxygens (including phenoxy) is 1. The van der Waals surface area contributed by atoms with Crippen LogP contribution in [0.1, 0.15) is 0 Å². The summed E-state index contributed by atoms with van der Waals surface area (Å²) in [4.78, 5) is 9.66. The third kappa shape index (κ3) is 4.73. The van der Waals surface area contributed by atoms with E-state index in [9.17, 15) is 0 Å². The summed E-state index contributed by atoms with van der Waals surface area (Å²) in [6.45, 7) is 0. The second-order valence-electron chi connectivity index (χ2n) is 10.4. The van der Waals surface area contributed by atoms with Gasteiger partial charge in [-0.15, -0.1) is 0 Å². The summed E-state index contributed by atoms with van der Waals surface area (Å²) < 4.78 is 6.19. The minimum absolute atomic E-state index is 0.766. The quantitative estimate of drug-likeness (QED) is 0.200. The molecule has 5 heteroatoms. The Bertz CT molecular complexity index is 1990. The highest BCUT2D eigenvalue weighted by Crippen LogP contribution is 2.35. The fourth-order valence-corrected chi connectivity index (χ4v) is 5.59. The summed E-state index contributed by atoms with van der Waals surface area (Å²) in [5.74, 6) is 1.53. The van der Waals surface area contributed by atoms with Crippen LogP contribution >= 0.6 is 0 Å².